The first-order chi connectivity index (χ1) is 14.2. The molecule has 0 bridgehead atoms. The molecule has 4 fully saturated rings. The van der Waals surface area contributed by atoms with Crippen LogP contribution < -0.4 is 5.73 Å². The van der Waals surface area contributed by atoms with Gasteiger partial charge in [0.1, 0.15) is 0 Å². The molecule has 174 valence electrons. The Morgan fingerprint density at radius 2 is 1.67 bits per heavy atom. The lowest BCUT2D eigenvalue weighted by Crippen LogP contribution is -2.60. The fraction of sp³-hybridized carbons (Fsp3) is 1.00. The maximum absolute atomic E-state index is 10.4. The van der Waals surface area contributed by atoms with Crippen LogP contribution in [0.4, 0.5) is 0 Å². The Labute approximate surface area is 187 Å². The van der Waals surface area contributed by atoms with Gasteiger partial charge >= 0.3 is 0 Å². The summed E-state index contributed by atoms with van der Waals surface area (Å²) in [6.45, 7) is 12.6. The molecule has 2 nitrogen and oxygen atoms in total. The van der Waals surface area contributed by atoms with Crippen LogP contribution in [-0.4, -0.2) is 17.3 Å². The summed E-state index contributed by atoms with van der Waals surface area (Å²) in [4.78, 5) is 0. The summed E-state index contributed by atoms with van der Waals surface area (Å²) in [6.07, 6.45) is 16.0. The molecule has 4 saturated carbocycles. The zero-order chi connectivity index (χ0) is 21.7. The largest absolute Gasteiger partial charge is 0.392 e. The molecular formula is C28H51NO. The molecule has 0 heterocycles. The fourth-order valence-corrected chi connectivity index (χ4v) is 9.57. The van der Waals surface area contributed by atoms with E-state index in [2.05, 4.69) is 34.6 Å². The van der Waals surface area contributed by atoms with E-state index in [0.29, 0.717) is 16.7 Å². The molecule has 0 aromatic heterocycles. The van der Waals surface area contributed by atoms with Crippen LogP contribution in [0.25, 0.3) is 0 Å². The predicted molar refractivity (Wildman–Crippen MR) is 127 cm³/mol. The van der Waals surface area contributed by atoms with Crippen LogP contribution in [0.15, 0.2) is 0 Å². The summed E-state index contributed by atoms with van der Waals surface area (Å²) in [6, 6.07) is -0.00149. The van der Waals surface area contributed by atoms with Crippen molar-refractivity contribution >= 4 is 0 Å². The fourth-order valence-electron chi connectivity index (χ4n) is 9.57. The van der Waals surface area contributed by atoms with Gasteiger partial charge in [0.2, 0.25) is 0 Å². The third kappa shape index (κ3) is 3.91. The van der Waals surface area contributed by atoms with Gasteiger partial charge in [0.05, 0.1) is 6.10 Å². The molecule has 3 N–H and O–H groups in total. The van der Waals surface area contributed by atoms with Crippen LogP contribution in [0.3, 0.4) is 0 Å². The highest BCUT2D eigenvalue weighted by atomic mass is 16.3. The van der Waals surface area contributed by atoms with Crippen LogP contribution >= 0.6 is 0 Å². The average Bonchev–Trinajstić information content (AvgIpc) is 2.67. The average molecular weight is 418 g/mol. The van der Waals surface area contributed by atoms with Crippen molar-refractivity contribution in [3.05, 3.63) is 0 Å². The number of rotatable bonds is 5. The molecule has 0 aromatic carbocycles. The number of fused-ring (bicyclic) bond motifs is 5. The quantitative estimate of drug-likeness (QED) is 0.517. The molecule has 0 aliphatic heterocycles. The molecule has 0 radical (unpaired) electrons. The summed E-state index contributed by atoms with van der Waals surface area (Å²) >= 11 is 0. The number of hydrogen-bond acceptors (Lipinski definition) is 2. The predicted octanol–water partition coefficient (Wildman–Crippen LogP) is 6.80. The van der Waals surface area contributed by atoms with Crippen molar-refractivity contribution < 1.29 is 5.11 Å². The molecular weight excluding hydrogens is 366 g/mol. The first-order valence-electron chi connectivity index (χ1n) is 13.6. The maximum atomic E-state index is 10.4. The second-order valence-electron chi connectivity index (χ2n) is 13.2. The topological polar surface area (TPSA) is 46.2 Å². The third-order valence-corrected chi connectivity index (χ3v) is 11.2. The summed E-state index contributed by atoms with van der Waals surface area (Å²) in [5.41, 5.74) is 7.37. The van der Waals surface area contributed by atoms with Gasteiger partial charge in [-0.15, -0.1) is 0 Å². The first kappa shape index (κ1) is 23.1. The number of aliphatic hydroxyl groups excluding tert-OH is 1. The van der Waals surface area contributed by atoms with E-state index >= 15 is 0 Å². The van der Waals surface area contributed by atoms with Gasteiger partial charge in [-0.25, -0.2) is 0 Å². The molecule has 0 saturated heterocycles. The van der Waals surface area contributed by atoms with Crippen LogP contribution in [0.2, 0.25) is 0 Å². The molecule has 4 aliphatic carbocycles. The second-order valence-corrected chi connectivity index (χ2v) is 13.2. The van der Waals surface area contributed by atoms with Crippen LogP contribution in [0.5, 0.6) is 0 Å². The van der Waals surface area contributed by atoms with E-state index in [1.807, 2.05) is 0 Å². The zero-order valence-corrected chi connectivity index (χ0v) is 20.7. The van der Waals surface area contributed by atoms with Crippen LogP contribution in [-0.2, 0) is 0 Å². The van der Waals surface area contributed by atoms with E-state index in [0.717, 1.165) is 48.3 Å². The number of hydrogen-bond donors (Lipinski definition) is 2. The molecule has 4 aliphatic rings. The minimum absolute atomic E-state index is 0.00149. The Kier molecular flexibility index (Phi) is 6.69. The van der Waals surface area contributed by atoms with Gasteiger partial charge in [-0.1, -0.05) is 60.3 Å². The highest BCUT2D eigenvalue weighted by Crippen LogP contribution is 2.67. The Morgan fingerprint density at radius 3 is 2.40 bits per heavy atom. The molecule has 10 atom stereocenters. The van der Waals surface area contributed by atoms with E-state index in [1.54, 1.807) is 0 Å². The standard InChI is InChI=1S/C28H51NO/c1-18(2)8-6-9-19(3)22-10-7-11-23-21-13-12-20-16-26(30)25(29)17-28(20,5)24(21)14-15-27(22,23)4/h18-26,30H,6-17,29H2,1-5H3. The molecule has 4 rings (SSSR count). The summed E-state index contributed by atoms with van der Waals surface area (Å²) in [7, 11) is 0. The lowest BCUT2D eigenvalue weighted by Gasteiger charge is -2.65. The summed E-state index contributed by atoms with van der Waals surface area (Å²) < 4.78 is 0. The SMILES string of the molecule is CC(C)CCCC(C)C1CCCC2C3CCC4CC(O)C(N)CC4(C)C3CCC12C. The lowest BCUT2D eigenvalue weighted by molar-refractivity contribution is -0.160. The highest BCUT2D eigenvalue weighted by Gasteiger charge is 2.60. The van der Waals surface area contributed by atoms with E-state index < -0.39 is 0 Å². The van der Waals surface area contributed by atoms with Crippen LogP contribution in [0.1, 0.15) is 112 Å². The number of aliphatic hydroxyl groups is 1. The first-order valence-corrected chi connectivity index (χ1v) is 13.6. The summed E-state index contributed by atoms with van der Waals surface area (Å²) in [5, 5.41) is 10.4. The van der Waals surface area contributed by atoms with E-state index in [1.165, 1.54) is 64.2 Å². The van der Waals surface area contributed by atoms with Crippen LogP contribution in [0, 0.1) is 52.3 Å². The highest BCUT2D eigenvalue weighted by molar-refractivity contribution is 5.10. The van der Waals surface area contributed by atoms with Crippen molar-refractivity contribution in [1.29, 1.82) is 0 Å². The van der Waals surface area contributed by atoms with Gasteiger partial charge < -0.3 is 10.8 Å². The Morgan fingerprint density at radius 1 is 0.933 bits per heavy atom. The Hall–Kier alpha value is -0.0800. The van der Waals surface area contributed by atoms with Crippen molar-refractivity contribution in [2.75, 3.05) is 0 Å². The van der Waals surface area contributed by atoms with E-state index in [9.17, 15) is 5.11 Å². The van der Waals surface area contributed by atoms with Gasteiger partial charge in [-0.05, 0) is 104 Å². The Bertz CT molecular complexity index is 589. The second kappa shape index (κ2) is 8.69. The van der Waals surface area contributed by atoms with Gasteiger partial charge in [-0.3, -0.25) is 0 Å². The van der Waals surface area contributed by atoms with Crippen molar-refractivity contribution in [3.8, 4) is 0 Å². The summed E-state index contributed by atoms with van der Waals surface area (Å²) in [5.74, 6) is 6.07. The molecule has 0 amide bonds. The van der Waals surface area contributed by atoms with Crippen molar-refractivity contribution in [2.45, 2.75) is 124 Å². The lowest BCUT2D eigenvalue weighted by atomic mass is 9.41. The van der Waals surface area contributed by atoms with Gasteiger partial charge in [0.15, 0.2) is 0 Å². The normalized spacial score (nSPS) is 49.8. The van der Waals surface area contributed by atoms with Crippen molar-refractivity contribution in [3.63, 3.8) is 0 Å². The third-order valence-electron chi connectivity index (χ3n) is 11.2. The van der Waals surface area contributed by atoms with Crippen molar-refractivity contribution in [2.24, 2.45) is 58.0 Å². The molecule has 0 aromatic rings. The van der Waals surface area contributed by atoms with E-state index in [4.69, 9.17) is 5.73 Å². The molecule has 0 spiro atoms. The zero-order valence-electron chi connectivity index (χ0n) is 20.7. The molecule has 10 unspecified atom stereocenters. The molecule has 2 heteroatoms. The Balaban J connectivity index is 1.50. The van der Waals surface area contributed by atoms with Crippen molar-refractivity contribution in [1.82, 2.24) is 0 Å². The van der Waals surface area contributed by atoms with Gasteiger partial charge in [0, 0.05) is 6.04 Å². The molecule has 30 heavy (non-hydrogen) atoms. The van der Waals surface area contributed by atoms with Gasteiger partial charge in [-0.2, -0.15) is 0 Å². The van der Waals surface area contributed by atoms with Gasteiger partial charge in [0.25, 0.3) is 0 Å². The minimum Gasteiger partial charge on any atom is -0.392 e. The smallest absolute Gasteiger partial charge is 0.0694 e. The monoisotopic (exact) mass is 417 g/mol. The number of nitrogens with two attached hydrogens (primary N) is 1. The minimum atomic E-state index is -0.265. The van der Waals surface area contributed by atoms with E-state index in [-0.39, 0.29) is 12.1 Å². The maximum Gasteiger partial charge on any atom is 0.0694 e.